The van der Waals surface area contributed by atoms with Crippen molar-refractivity contribution in [2.24, 2.45) is 5.92 Å². The van der Waals surface area contributed by atoms with E-state index in [-0.39, 0.29) is 0 Å². The van der Waals surface area contributed by atoms with Crippen molar-refractivity contribution in [3.05, 3.63) is 18.3 Å². The van der Waals surface area contributed by atoms with Crippen LogP contribution in [0, 0.1) is 5.92 Å². The molecule has 1 fully saturated rings. The van der Waals surface area contributed by atoms with Gasteiger partial charge in [-0.15, -0.1) is 0 Å². The molecule has 4 nitrogen and oxygen atoms in total. The van der Waals surface area contributed by atoms with Crippen molar-refractivity contribution in [2.75, 3.05) is 0 Å². The molecule has 0 aliphatic heterocycles. The number of hydrogen-bond donors (Lipinski definition) is 1. The Morgan fingerprint density at radius 1 is 1.24 bits per heavy atom. The van der Waals surface area contributed by atoms with Gasteiger partial charge in [0.05, 0.1) is 6.20 Å². The molecule has 0 amide bonds. The molecular weight excluding hydrogens is 212 g/mol. The largest absolute Gasteiger partial charge is 0.339 e. The van der Waals surface area contributed by atoms with E-state index in [4.69, 9.17) is 0 Å². The zero-order valence-corrected chi connectivity index (χ0v) is 10.0. The fourth-order valence-corrected chi connectivity index (χ4v) is 2.75. The average molecular weight is 230 g/mol. The summed E-state index contributed by atoms with van der Waals surface area (Å²) in [6.07, 6.45) is 12.7. The number of aromatic nitrogens is 4. The lowest BCUT2D eigenvalue weighted by atomic mass is 9.86. The highest BCUT2D eigenvalue weighted by atomic mass is 15.0. The van der Waals surface area contributed by atoms with Crippen LogP contribution < -0.4 is 0 Å². The fourth-order valence-electron chi connectivity index (χ4n) is 2.75. The second kappa shape index (κ2) is 4.82. The molecule has 4 heteroatoms. The molecule has 1 aliphatic carbocycles. The van der Waals surface area contributed by atoms with Gasteiger partial charge in [0.15, 0.2) is 5.65 Å². The Kier molecular flexibility index (Phi) is 3.03. The molecule has 2 heterocycles. The first-order valence-corrected chi connectivity index (χ1v) is 6.56. The molecular formula is C13H18N4. The van der Waals surface area contributed by atoms with Gasteiger partial charge in [-0.3, -0.25) is 0 Å². The third-order valence-corrected chi connectivity index (χ3v) is 3.73. The second-order valence-corrected chi connectivity index (χ2v) is 4.99. The lowest BCUT2D eigenvalue weighted by molar-refractivity contribution is 0.337. The summed E-state index contributed by atoms with van der Waals surface area (Å²) in [4.78, 5) is 15.9. The lowest BCUT2D eigenvalue weighted by Gasteiger charge is -2.20. The first-order chi connectivity index (χ1) is 8.42. The standard InChI is InChI=1S/C13H18N4/c1-2-4-10(5-3-1)6-7-12-16-11-8-14-9-15-13(11)17-12/h8-10H,1-7H2,(H,14,15,16,17). The molecule has 0 unspecified atom stereocenters. The highest BCUT2D eigenvalue weighted by Crippen LogP contribution is 2.27. The Morgan fingerprint density at radius 2 is 2.12 bits per heavy atom. The summed E-state index contributed by atoms with van der Waals surface area (Å²) >= 11 is 0. The van der Waals surface area contributed by atoms with Crippen LogP contribution in [0.4, 0.5) is 0 Å². The van der Waals surface area contributed by atoms with E-state index in [0.717, 1.165) is 29.3 Å². The SMILES string of the molecule is c1ncc2[nH]c(CCC3CCCCC3)nc2n1. The number of fused-ring (bicyclic) bond motifs is 1. The van der Waals surface area contributed by atoms with Crippen molar-refractivity contribution in [1.82, 2.24) is 19.9 Å². The molecule has 0 spiro atoms. The van der Waals surface area contributed by atoms with E-state index in [1.807, 2.05) is 0 Å². The molecule has 0 atom stereocenters. The summed E-state index contributed by atoms with van der Waals surface area (Å²) in [7, 11) is 0. The number of nitrogens with zero attached hydrogens (tertiary/aromatic N) is 3. The van der Waals surface area contributed by atoms with E-state index >= 15 is 0 Å². The number of H-pyrrole nitrogens is 1. The van der Waals surface area contributed by atoms with Gasteiger partial charge in [-0.05, 0) is 12.3 Å². The van der Waals surface area contributed by atoms with Crippen LogP contribution in [0.2, 0.25) is 0 Å². The number of imidazole rings is 1. The Bertz CT molecular complexity index is 452. The van der Waals surface area contributed by atoms with Crippen LogP contribution in [0.15, 0.2) is 12.5 Å². The molecule has 17 heavy (non-hydrogen) atoms. The summed E-state index contributed by atoms with van der Waals surface area (Å²) < 4.78 is 0. The smallest absolute Gasteiger partial charge is 0.180 e. The normalized spacial score (nSPS) is 17.6. The Hall–Kier alpha value is -1.45. The maximum atomic E-state index is 4.49. The van der Waals surface area contributed by atoms with E-state index in [0.29, 0.717) is 0 Å². The van der Waals surface area contributed by atoms with E-state index in [1.165, 1.54) is 38.5 Å². The molecule has 1 N–H and O–H groups in total. The minimum absolute atomic E-state index is 0.790. The summed E-state index contributed by atoms with van der Waals surface area (Å²) in [5, 5.41) is 0. The number of hydrogen-bond acceptors (Lipinski definition) is 3. The summed E-state index contributed by atoms with van der Waals surface area (Å²) in [5.74, 6) is 1.97. The number of aromatic amines is 1. The van der Waals surface area contributed by atoms with Crippen molar-refractivity contribution < 1.29 is 0 Å². The average Bonchev–Trinajstić information content (AvgIpc) is 2.80. The molecule has 2 aromatic rings. The molecule has 0 radical (unpaired) electrons. The topological polar surface area (TPSA) is 54.5 Å². The van der Waals surface area contributed by atoms with Crippen molar-refractivity contribution in [2.45, 2.75) is 44.9 Å². The van der Waals surface area contributed by atoms with E-state index in [2.05, 4.69) is 19.9 Å². The Balaban J connectivity index is 1.64. The van der Waals surface area contributed by atoms with E-state index < -0.39 is 0 Å². The van der Waals surface area contributed by atoms with Gasteiger partial charge in [0.25, 0.3) is 0 Å². The van der Waals surface area contributed by atoms with Gasteiger partial charge in [0.2, 0.25) is 0 Å². The van der Waals surface area contributed by atoms with Gasteiger partial charge in [0, 0.05) is 6.42 Å². The van der Waals surface area contributed by atoms with Crippen LogP contribution >= 0.6 is 0 Å². The molecule has 0 saturated heterocycles. The van der Waals surface area contributed by atoms with Crippen LogP contribution in [0.3, 0.4) is 0 Å². The van der Waals surface area contributed by atoms with E-state index in [1.54, 1.807) is 12.5 Å². The van der Waals surface area contributed by atoms with Crippen molar-refractivity contribution in [1.29, 1.82) is 0 Å². The first-order valence-electron chi connectivity index (χ1n) is 6.56. The molecule has 1 saturated carbocycles. The minimum atomic E-state index is 0.790. The molecule has 90 valence electrons. The van der Waals surface area contributed by atoms with Crippen LogP contribution in [0.1, 0.15) is 44.3 Å². The fraction of sp³-hybridized carbons (Fsp3) is 0.615. The summed E-state index contributed by atoms with van der Waals surface area (Å²) in [5.41, 5.74) is 1.74. The molecule has 1 aliphatic rings. The van der Waals surface area contributed by atoms with Gasteiger partial charge in [-0.1, -0.05) is 32.1 Å². The van der Waals surface area contributed by atoms with Crippen LogP contribution in [0.25, 0.3) is 11.2 Å². The maximum absolute atomic E-state index is 4.49. The second-order valence-electron chi connectivity index (χ2n) is 4.99. The zero-order valence-electron chi connectivity index (χ0n) is 10.0. The monoisotopic (exact) mass is 230 g/mol. The third kappa shape index (κ3) is 2.46. The highest BCUT2D eigenvalue weighted by molar-refractivity contribution is 5.68. The van der Waals surface area contributed by atoms with Crippen LogP contribution in [0.5, 0.6) is 0 Å². The maximum Gasteiger partial charge on any atom is 0.180 e. The number of nitrogens with one attached hydrogen (secondary N) is 1. The summed E-state index contributed by atoms with van der Waals surface area (Å²) in [6, 6.07) is 0. The summed E-state index contributed by atoms with van der Waals surface area (Å²) in [6.45, 7) is 0. The number of aryl methyl sites for hydroxylation is 1. The van der Waals surface area contributed by atoms with Crippen molar-refractivity contribution >= 4 is 11.2 Å². The van der Waals surface area contributed by atoms with Gasteiger partial charge in [-0.25, -0.2) is 15.0 Å². The van der Waals surface area contributed by atoms with Crippen LogP contribution in [-0.2, 0) is 6.42 Å². The lowest BCUT2D eigenvalue weighted by Crippen LogP contribution is -2.07. The molecule has 2 aromatic heterocycles. The molecule has 0 bridgehead atoms. The predicted octanol–water partition coefficient (Wildman–Crippen LogP) is 2.87. The minimum Gasteiger partial charge on any atom is -0.339 e. The first kappa shape index (κ1) is 10.7. The predicted molar refractivity (Wildman–Crippen MR) is 66.6 cm³/mol. The quantitative estimate of drug-likeness (QED) is 0.882. The zero-order chi connectivity index (χ0) is 11.5. The Morgan fingerprint density at radius 3 is 2.94 bits per heavy atom. The molecule has 0 aromatic carbocycles. The van der Waals surface area contributed by atoms with Gasteiger partial charge >= 0.3 is 0 Å². The van der Waals surface area contributed by atoms with Crippen molar-refractivity contribution in [3.8, 4) is 0 Å². The third-order valence-electron chi connectivity index (χ3n) is 3.73. The van der Waals surface area contributed by atoms with Gasteiger partial charge in [0.1, 0.15) is 17.7 Å². The molecule has 3 rings (SSSR count). The number of rotatable bonds is 3. The van der Waals surface area contributed by atoms with Gasteiger partial charge in [-0.2, -0.15) is 0 Å². The Labute approximate surface area is 101 Å². The van der Waals surface area contributed by atoms with Crippen molar-refractivity contribution in [3.63, 3.8) is 0 Å². The van der Waals surface area contributed by atoms with Crippen LogP contribution in [-0.4, -0.2) is 19.9 Å². The van der Waals surface area contributed by atoms with Gasteiger partial charge < -0.3 is 4.98 Å². The van der Waals surface area contributed by atoms with E-state index in [9.17, 15) is 0 Å². The highest BCUT2D eigenvalue weighted by Gasteiger charge is 2.14.